The molecule has 0 bridgehead atoms. The Hall–Kier alpha value is -3.07. The van der Waals surface area contributed by atoms with Gasteiger partial charge >= 0.3 is 0 Å². The molecule has 0 aliphatic heterocycles. The number of nitrogens with zero attached hydrogens (tertiary/aromatic N) is 2. The van der Waals surface area contributed by atoms with Gasteiger partial charge in [-0.05, 0) is 29.2 Å². The SMILES string of the molecule is CC(C)CNC(=O)[C@@H](Cc1ccccc1)N(Cc1ccccc1)C(=O)CN(c1cccc(Cl)c1Cl)S(C)(=O)=O. The smallest absolute Gasteiger partial charge is 0.244 e. The lowest BCUT2D eigenvalue weighted by Crippen LogP contribution is -2.53. The van der Waals surface area contributed by atoms with E-state index in [0.29, 0.717) is 6.54 Å². The van der Waals surface area contributed by atoms with Crippen LogP contribution in [0.2, 0.25) is 10.0 Å². The van der Waals surface area contributed by atoms with E-state index in [1.807, 2.05) is 74.5 Å². The third-order valence-electron chi connectivity index (χ3n) is 6.03. The highest BCUT2D eigenvalue weighted by Crippen LogP contribution is 2.33. The molecule has 3 rings (SSSR count). The van der Waals surface area contributed by atoms with Crippen LogP contribution in [0.4, 0.5) is 5.69 Å². The maximum atomic E-state index is 14.0. The Morgan fingerprint density at radius 2 is 1.46 bits per heavy atom. The Morgan fingerprint density at radius 1 is 0.872 bits per heavy atom. The van der Waals surface area contributed by atoms with Gasteiger partial charge in [0.1, 0.15) is 12.6 Å². The van der Waals surface area contributed by atoms with Crippen LogP contribution in [0.5, 0.6) is 0 Å². The number of hydrogen-bond donors (Lipinski definition) is 1. The molecule has 0 saturated carbocycles. The third-order valence-corrected chi connectivity index (χ3v) is 7.97. The number of nitrogens with one attached hydrogen (secondary N) is 1. The number of carbonyl (C=O) groups is 2. The average Bonchev–Trinajstić information content (AvgIpc) is 2.90. The second-order valence-corrected chi connectivity index (χ2v) is 12.4. The number of benzene rings is 3. The molecule has 7 nitrogen and oxygen atoms in total. The summed E-state index contributed by atoms with van der Waals surface area (Å²) < 4.78 is 26.6. The zero-order valence-corrected chi connectivity index (χ0v) is 24.5. The van der Waals surface area contributed by atoms with Crippen LogP contribution in [0, 0.1) is 5.92 Å². The van der Waals surface area contributed by atoms with Crippen molar-refractivity contribution >= 4 is 50.7 Å². The molecule has 0 fully saturated rings. The summed E-state index contributed by atoms with van der Waals surface area (Å²) >= 11 is 12.5. The van der Waals surface area contributed by atoms with Crippen LogP contribution in [0.25, 0.3) is 0 Å². The Labute approximate surface area is 240 Å². The highest BCUT2D eigenvalue weighted by molar-refractivity contribution is 7.92. The normalized spacial score (nSPS) is 12.2. The predicted molar refractivity (Wildman–Crippen MR) is 157 cm³/mol. The minimum absolute atomic E-state index is 0.0162. The van der Waals surface area contributed by atoms with E-state index in [-0.39, 0.29) is 40.5 Å². The molecule has 0 aliphatic rings. The first-order chi connectivity index (χ1) is 18.5. The second kappa shape index (κ2) is 13.8. The van der Waals surface area contributed by atoms with Crippen molar-refractivity contribution < 1.29 is 18.0 Å². The molecule has 0 aliphatic carbocycles. The maximum absolute atomic E-state index is 14.0. The molecule has 0 spiro atoms. The van der Waals surface area contributed by atoms with Gasteiger partial charge in [-0.15, -0.1) is 0 Å². The number of carbonyl (C=O) groups excluding carboxylic acids is 2. The summed E-state index contributed by atoms with van der Waals surface area (Å²) in [6, 6.07) is 22.3. The molecule has 0 saturated heterocycles. The van der Waals surface area contributed by atoms with Gasteiger partial charge in [-0.25, -0.2) is 8.42 Å². The molecule has 1 atom stereocenters. The van der Waals surface area contributed by atoms with E-state index in [2.05, 4.69) is 5.32 Å². The van der Waals surface area contributed by atoms with Crippen LogP contribution < -0.4 is 9.62 Å². The molecule has 0 aromatic heterocycles. The lowest BCUT2D eigenvalue weighted by molar-refractivity contribution is -0.140. The number of anilines is 1. The minimum Gasteiger partial charge on any atom is -0.354 e. The lowest BCUT2D eigenvalue weighted by Gasteiger charge is -2.34. The van der Waals surface area contributed by atoms with Gasteiger partial charge in [0.25, 0.3) is 0 Å². The van der Waals surface area contributed by atoms with E-state index in [1.54, 1.807) is 6.07 Å². The topological polar surface area (TPSA) is 86.8 Å². The number of hydrogen-bond acceptors (Lipinski definition) is 4. The average molecular weight is 591 g/mol. The Kier molecular flexibility index (Phi) is 10.8. The first kappa shape index (κ1) is 30.5. The number of sulfonamides is 1. The Bertz CT molecular complexity index is 1370. The van der Waals surface area contributed by atoms with Crippen LogP contribution in [0.1, 0.15) is 25.0 Å². The molecule has 3 aromatic carbocycles. The van der Waals surface area contributed by atoms with Gasteiger partial charge in [0.15, 0.2) is 0 Å². The number of amides is 2. The van der Waals surface area contributed by atoms with Crippen LogP contribution in [0.15, 0.2) is 78.9 Å². The maximum Gasteiger partial charge on any atom is 0.244 e. The van der Waals surface area contributed by atoms with Crippen molar-refractivity contribution in [3.63, 3.8) is 0 Å². The summed E-state index contributed by atoms with van der Waals surface area (Å²) in [6.07, 6.45) is 1.25. The number of halogens is 2. The fourth-order valence-electron chi connectivity index (χ4n) is 4.04. The van der Waals surface area contributed by atoms with Crippen molar-refractivity contribution in [2.24, 2.45) is 5.92 Å². The molecule has 3 aromatic rings. The van der Waals surface area contributed by atoms with Crippen LogP contribution in [-0.2, 0) is 32.6 Å². The predicted octanol–water partition coefficient (Wildman–Crippen LogP) is 5.17. The van der Waals surface area contributed by atoms with Crippen LogP contribution in [-0.4, -0.2) is 50.5 Å². The van der Waals surface area contributed by atoms with Crippen molar-refractivity contribution in [3.8, 4) is 0 Å². The summed E-state index contributed by atoms with van der Waals surface area (Å²) in [5.41, 5.74) is 1.75. The van der Waals surface area contributed by atoms with Gasteiger partial charge in [0, 0.05) is 19.5 Å². The quantitative estimate of drug-likeness (QED) is 0.315. The number of rotatable bonds is 12. The molecule has 0 heterocycles. The molecule has 10 heteroatoms. The molecule has 208 valence electrons. The third kappa shape index (κ3) is 8.71. The lowest BCUT2D eigenvalue weighted by atomic mass is 10.0. The van der Waals surface area contributed by atoms with Crippen LogP contribution >= 0.6 is 23.2 Å². The van der Waals surface area contributed by atoms with E-state index in [1.165, 1.54) is 17.0 Å². The molecule has 39 heavy (non-hydrogen) atoms. The van der Waals surface area contributed by atoms with Gasteiger partial charge in [0.2, 0.25) is 21.8 Å². The van der Waals surface area contributed by atoms with Crippen molar-refractivity contribution in [2.45, 2.75) is 32.9 Å². The fraction of sp³-hybridized carbons (Fsp3) is 0.310. The molecular formula is C29H33Cl2N3O4S. The molecule has 2 amide bonds. The largest absolute Gasteiger partial charge is 0.354 e. The summed E-state index contributed by atoms with van der Waals surface area (Å²) in [7, 11) is -3.94. The van der Waals surface area contributed by atoms with Gasteiger partial charge < -0.3 is 10.2 Å². The fourth-order valence-corrected chi connectivity index (χ4v) is 5.34. The summed E-state index contributed by atoms with van der Waals surface area (Å²) in [4.78, 5) is 29.0. The van der Waals surface area contributed by atoms with Crippen LogP contribution in [0.3, 0.4) is 0 Å². The minimum atomic E-state index is -3.94. The van der Waals surface area contributed by atoms with E-state index in [0.717, 1.165) is 21.7 Å². The first-order valence-corrected chi connectivity index (χ1v) is 15.1. The van der Waals surface area contributed by atoms with E-state index >= 15 is 0 Å². The highest BCUT2D eigenvalue weighted by Gasteiger charge is 2.33. The van der Waals surface area contributed by atoms with Gasteiger partial charge in [0.05, 0.1) is 22.0 Å². The van der Waals surface area contributed by atoms with Crippen molar-refractivity contribution in [1.82, 2.24) is 10.2 Å². The monoisotopic (exact) mass is 589 g/mol. The summed E-state index contributed by atoms with van der Waals surface area (Å²) in [5.74, 6) is -0.667. The van der Waals surface area contributed by atoms with Crippen molar-refractivity contribution in [3.05, 3.63) is 100 Å². The second-order valence-electron chi connectivity index (χ2n) is 9.69. The van der Waals surface area contributed by atoms with Gasteiger partial charge in [-0.1, -0.05) is 104 Å². The van der Waals surface area contributed by atoms with E-state index in [9.17, 15) is 18.0 Å². The van der Waals surface area contributed by atoms with Crippen molar-refractivity contribution in [1.29, 1.82) is 0 Å². The zero-order chi connectivity index (χ0) is 28.6. The molecule has 0 radical (unpaired) electrons. The summed E-state index contributed by atoms with van der Waals surface area (Å²) in [6.45, 7) is 3.95. The first-order valence-electron chi connectivity index (χ1n) is 12.5. The van der Waals surface area contributed by atoms with Crippen molar-refractivity contribution in [2.75, 3.05) is 23.7 Å². The molecular weight excluding hydrogens is 557 g/mol. The van der Waals surface area contributed by atoms with E-state index in [4.69, 9.17) is 23.2 Å². The highest BCUT2D eigenvalue weighted by atomic mass is 35.5. The van der Waals surface area contributed by atoms with E-state index < -0.39 is 28.5 Å². The zero-order valence-electron chi connectivity index (χ0n) is 22.2. The standard InChI is InChI=1S/C29H33Cl2N3O4S/c1-21(2)18-32-29(36)26(17-22-11-6-4-7-12-22)33(19-23-13-8-5-9-14-23)27(35)20-34(39(3,37)38)25-16-10-15-24(30)28(25)31/h4-16,21,26H,17-20H2,1-3H3,(H,32,36)/t26-/m1/s1. The molecule has 1 N–H and O–H groups in total. The Morgan fingerprint density at radius 3 is 2.03 bits per heavy atom. The summed E-state index contributed by atoms with van der Waals surface area (Å²) in [5, 5.41) is 3.13. The Balaban J connectivity index is 2.05. The van der Waals surface area contributed by atoms with Gasteiger partial charge in [-0.3, -0.25) is 13.9 Å². The molecule has 0 unspecified atom stereocenters. The van der Waals surface area contributed by atoms with Gasteiger partial charge in [-0.2, -0.15) is 0 Å².